The molecule has 0 aromatic heterocycles. The Kier molecular flexibility index (Phi) is 11.9. The molecule has 1 aromatic rings. The van der Waals surface area contributed by atoms with Gasteiger partial charge in [-0.3, -0.25) is 0 Å². The van der Waals surface area contributed by atoms with Crippen LogP contribution in [0.15, 0.2) is 30.3 Å². The van der Waals surface area contributed by atoms with Crippen LogP contribution in [-0.2, 0) is 5.75 Å². The predicted molar refractivity (Wildman–Crippen MR) is 94.4 cm³/mol. The minimum Gasteiger partial charge on any atom is -0.157 e. The van der Waals surface area contributed by atoms with E-state index in [1.807, 2.05) is 0 Å². The molecule has 0 saturated heterocycles. The second kappa shape index (κ2) is 13.5. The first-order valence-corrected chi connectivity index (χ1v) is 9.70. The number of benzene rings is 1. The maximum atomic E-state index is 2.29. The van der Waals surface area contributed by atoms with E-state index in [1.165, 1.54) is 81.3 Å². The van der Waals surface area contributed by atoms with Crippen LogP contribution in [0.25, 0.3) is 0 Å². The lowest BCUT2D eigenvalue weighted by Gasteiger charge is -2.03. The first-order valence-electron chi connectivity index (χ1n) is 8.55. The SMILES string of the molecule is CCCCCCCCCCCCSCc1ccccc1. The molecule has 0 nitrogen and oxygen atoms in total. The quantitative estimate of drug-likeness (QED) is 0.359. The van der Waals surface area contributed by atoms with Gasteiger partial charge in [0.05, 0.1) is 0 Å². The van der Waals surface area contributed by atoms with Crippen molar-refractivity contribution in [3.8, 4) is 0 Å². The van der Waals surface area contributed by atoms with Crippen molar-refractivity contribution in [1.82, 2.24) is 0 Å². The average Bonchev–Trinajstić information content (AvgIpc) is 2.49. The molecule has 0 radical (unpaired) electrons. The van der Waals surface area contributed by atoms with E-state index >= 15 is 0 Å². The molecule has 0 N–H and O–H groups in total. The van der Waals surface area contributed by atoms with Crippen molar-refractivity contribution in [2.24, 2.45) is 0 Å². The van der Waals surface area contributed by atoms with Crippen LogP contribution < -0.4 is 0 Å². The summed E-state index contributed by atoms with van der Waals surface area (Å²) < 4.78 is 0. The summed E-state index contributed by atoms with van der Waals surface area (Å²) in [5.74, 6) is 2.50. The summed E-state index contributed by atoms with van der Waals surface area (Å²) in [7, 11) is 0. The number of hydrogen-bond acceptors (Lipinski definition) is 1. The van der Waals surface area contributed by atoms with Gasteiger partial charge >= 0.3 is 0 Å². The van der Waals surface area contributed by atoms with Gasteiger partial charge in [-0.15, -0.1) is 0 Å². The molecule has 1 heteroatoms. The van der Waals surface area contributed by atoms with Gasteiger partial charge in [-0.25, -0.2) is 0 Å². The maximum absolute atomic E-state index is 2.29. The molecule has 0 fully saturated rings. The smallest absolute Gasteiger partial charge is 0.0184 e. The Morgan fingerprint density at radius 2 is 1.25 bits per heavy atom. The first kappa shape index (κ1) is 17.6. The van der Waals surface area contributed by atoms with Crippen LogP contribution in [0.3, 0.4) is 0 Å². The summed E-state index contributed by atoms with van der Waals surface area (Å²) in [6.07, 6.45) is 14.3. The van der Waals surface area contributed by atoms with Crippen LogP contribution in [0.1, 0.15) is 76.7 Å². The Bertz CT molecular complexity index is 294. The predicted octanol–water partition coefficient (Wildman–Crippen LogP) is 6.84. The third kappa shape index (κ3) is 10.4. The van der Waals surface area contributed by atoms with E-state index in [-0.39, 0.29) is 0 Å². The number of rotatable bonds is 13. The lowest BCUT2D eigenvalue weighted by molar-refractivity contribution is 0.563. The van der Waals surface area contributed by atoms with E-state index < -0.39 is 0 Å². The van der Waals surface area contributed by atoms with Crippen molar-refractivity contribution in [2.45, 2.75) is 76.9 Å². The van der Waals surface area contributed by atoms with Gasteiger partial charge in [0.25, 0.3) is 0 Å². The highest BCUT2D eigenvalue weighted by molar-refractivity contribution is 7.98. The summed E-state index contributed by atoms with van der Waals surface area (Å²) >= 11 is 2.08. The van der Waals surface area contributed by atoms with Gasteiger partial charge in [0.15, 0.2) is 0 Å². The standard InChI is InChI=1S/C19H32S/c1-2-3-4-5-6-7-8-9-10-14-17-20-18-19-15-12-11-13-16-19/h11-13,15-16H,2-10,14,17-18H2,1H3. The highest BCUT2D eigenvalue weighted by Crippen LogP contribution is 2.15. The molecule has 0 atom stereocenters. The van der Waals surface area contributed by atoms with Gasteiger partial charge in [0, 0.05) is 5.75 Å². The van der Waals surface area contributed by atoms with Crippen molar-refractivity contribution in [3.05, 3.63) is 35.9 Å². The van der Waals surface area contributed by atoms with E-state index in [1.54, 1.807) is 0 Å². The molecule has 20 heavy (non-hydrogen) atoms. The van der Waals surface area contributed by atoms with E-state index in [2.05, 4.69) is 49.0 Å². The fourth-order valence-corrected chi connectivity index (χ4v) is 3.44. The third-order valence-electron chi connectivity index (χ3n) is 3.75. The second-order valence-electron chi connectivity index (χ2n) is 5.72. The summed E-state index contributed by atoms with van der Waals surface area (Å²) in [5.41, 5.74) is 1.46. The van der Waals surface area contributed by atoms with Gasteiger partial charge < -0.3 is 0 Å². The third-order valence-corrected chi connectivity index (χ3v) is 4.87. The molecule has 0 amide bonds. The zero-order valence-corrected chi connectivity index (χ0v) is 14.1. The number of thioether (sulfide) groups is 1. The molecule has 0 aliphatic heterocycles. The molecular formula is C19H32S. The molecule has 0 spiro atoms. The molecular weight excluding hydrogens is 260 g/mol. The minimum atomic E-state index is 1.18. The normalized spacial score (nSPS) is 10.8. The van der Waals surface area contributed by atoms with E-state index in [4.69, 9.17) is 0 Å². The van der Waals surface area contributed by atoms with Gasteiger partial charge in [0.2, 0.25) is 0 Å². The summed E-state index contributed by atoms with van der Waals surface area (Å²) in [6.45, 7) is 2.29. The molecule has 0 unspecified atom stereocenters. The molecule has 114 valence electrons. The van der Waals surface area contributed by atoms with E-state index in [0.717, 1.165) is 0 Å². The Morgan fingerprint density at radius 1 is 0.700 bits per heavy atom. The van der Waals surface area contributed by atoms with Crippen LogP contribution in [0, 0.1) is 0 Å². The van der Waals surface area contributed by atoms with E-state index in [0.29, 0.717) is 0 Å². The Balaban J connectivity index is 1.77. The van der Waals surface area contributed by atoms with Crippen LogP contribution >= 0.6 is 11.8 Å². The Hall–Kier alpha value is -0.430. The lowest BCUT2D eigenvalue weighted by Crippen LogP contribution is -1.85. The van der Waals surface area contributed by atoms with Crippen molar-refractivity contribution < 1.29 is 0 Å². The summed E-state index contributed by atoms with van der Waals surface area (Å²) in [5, 5.41) is 0. The molecule has 1 rings (SSSR count). The average molecular weight is 293 g/mol. The lowest BCUT2D eigenvalue weighted by atomic mass is 10.1. The molecule has 0 bridgehead atoms. The topological polar surface area (TPSA) is 0 Å². The summed E-state index contributed by atoms with van der Waals surface area (Å²) in [6, 6.07) is 10.8. The fourth-order valence-electron chi connectivity index (χ4n) is 2.46. The molecule has 0 saturated carbocycles. The van der Waals surface area contributed by atoms with Crippen LogP contribution in [0.4, 0.5) is 0 Å². The Labute approximate surface area is 130 Å². The van der Waals surface area contributed by atoms with Crippen molar-refractivity contribution in [1.29, 1.82) is 0 Å². The van der Waals surface area contributed by atoms with Crippen molar-refractivity contribution >= 4 is 11.8 Å². The summed E-state index contributed by atoms with van der Waals surface area (Å²) in [4.78, 5) is 0. The largest absolute Gasteiger partial charge is 0.157 e. The van der Waals surface area contributed by atoms with Gasteiger partial charge in [0.1, 0.15) is 0 Å². The zero-order valence-electron chi connectivity index (χ0n) is 13.3. The van der Waals surface area contributed by atoms with Gasteiger partial charge in [-0.1, -0.05) is 95.0 Å². The van der Waals surface area contributed by atoms with Gasteiger partial charge in [-0.2, -0.15) is 11.8 Å². The van der Waals surface area contributed by atoms with Gasteiger partial charge in [-0.05, 0) is 17.7 Å². The van der Waals surface area contributed by atoms with Crippen LogP contribution in [-0.4, -0.2) is 5.75 Å². The minimum absolute atomic E-state index is 1.18. The molecule has 0 heterocycles. The van der Waals surface area contributed by atoms with E-state index in [9.17, 15) is 0 Å². The fraction of sp³-hybridized carbons (Fsp3) is 0.684. The van der Waals surface area contributed by atoms with Crippen LogP contribution in [0.5, 0.6) is 0 Å². The van der Waals surface area contributed by atoms with Crippen molar-refractivity contribution in [2.75, 3.05) is 5.75 Å². The zero-order chi connectivity index (χ0) is 14.3. The Morgan fingerprint density at radius 3 is 1.85 bits per heavy atom. The number of unbranched alkanes of at least 4 members (excludes halogenated alkanes) is 9. The first-order chi connectivity index (χ1) is 9.93. The maximum Gasteiger partial charge on any atom is 0.0184 e. The van der Waals surface area contributed by atoms with Crippen molar-refractivity contribution in [3.63, 3.8) is 0 Å². The molecule has 1 aromatic carbocycles. The second-order valence-corrected chi connectivity index (χ2v) is 6.83. The highest BCUT2D eigenvalue weighted by Gasteiger charge is 1.94. The van der Waals surface area contributed by atoms with Crippen LogP contribution in [0.2, 0.25) is 0 Å². The monoisotopic (exact) mass is 292 g/mol. The highest BCUT2D eigenvalue weighted by atomic mass is 32.2. The molecule has 0 aliphatic carbocycles. The number of hydrogen-bond donors (Lipinski definition) is 0. The molecule has 0 aliphatic rings.